The van der Waals surface area contributed by atoms with Crippen molar-refractivity contribution in [1.29, 1.82) is 0 Å². The predicted molar refractivity (Wildman–Crippen MR) is 235 cm³/mol. The van der Waals surface area contributed by atoms with E-state index in [9.17, 15) is 0 Å². The molecule has 11 rings (SSSR count). The van der Waals surface area contributed by atoms with Gasteiger partial charge in [0, 0.05) is 34.8 Å². The lowest BCUT2D eigenvalue weighted by Gasteiger charge is -2.32. The average Bonchev–Trinajstić information content (AvgIpc) is 3.79. The van der Waals surface area contributed by atoms with E-state index in [0.29, 0.717) is 29.8 Å². The minimum absolute atomic E-state index is 0.262. The molecule has 0 spiro atoms. The summed E-state index contributed by atoms with van der Waals surface area (Å²) >= 11 is 0. The number of hydrogen-bond acceptors (Lipinski definition) is 2. The van der Waals surface area contributed by atoms with Gasteiger partial charge in [0.2, 0.25) is 0 Å². The van der Waals surface area contributed by atoms with E-state index in [1.807, 2.05) is 0 Å². The number of fused-ring (bicyclic) bond motifs is 6. The van der Waals surface area contributed by atoms with Crippen LogP contribution in [0, 0.1) is 11.8 Å². The number of allylic oxidation sites excluding steroid dienone is 6. The molecule has 6 unspecified atom stereocenters. The van der Waals surface area contributed by atoms with E-state index in [0.717, 1.165) is 0 Å². The molecule has 1 fully saturated rings. The molecule has 6 aromatic rings. The van der Waals surface area contributed by atoms with Gasteiger partial charge < -0.3 is 9.80 Å². The van der Waals surface area contributed by atoms with Crippen molar-refractivity contribution in [3.8, 4) is 33.4 Å². The zero-order valence-electron chi connectivity index (χ0n) is 31.1. The molecule has 0 N–H and O–H groups in total. The molecule has 0 amide bonds. The van der Waals surface area contributed by atoms with Gasteiger partial charge in [-0.1, -0.05) is 182 Å². The Morgan fingerprint density at radius 3 is 1.59 bits per heavy atom. The van der Waals surface area contributed by atoms with Gasteiger partial charge in [0.05, 0.1) is 18.1 Å². The Morgan fingerprint density at radius 2 is 0.893 bits per heavy atom. The summed E-state index contributed by atoms with van der Waals surface area (Å²) in [6.45, 7) is 0. The molecular formula is C54H42N2. The smallest absolute Gasteiger partial charge is 0.0629 e. The lowest BCUT2D eigenvalue weighted by molar-refractivity contribution is 0.528. The lowest BCUT2D eigenvalue weighted by Crippen LogP contribution is -2.36. The first-order valence-corrected chi connectivity index (χ1v) is 20.0. The van der Waals surface area contributed by atoms with Gasteiger partial charge in [-0.2, -0.15) is 0 Å². The molecule has 2 heterocycles. The van der Waals surface area contributed by atoms with E-state index < -0.39 is 0 Å². The summed E-state index contributed by atoms with van der Waals surface area (Å²) in [5.74, 6) is 1.14. The summed E-state index contributed by atoms with van der Waals surface area (Å²) in [7, 11) is 0. The molecule has 6 aromatic carbocycles. The first kappa shape index (κ1) is 32.8. The Morgan fingerprint density at radius 1 is 0.375 bits per heavy atom. The Balaban J connectivity index is 0.855. The maximum Gasteiger partial charge on any atom is 0.0629 e. The standard InChI is InChI=1S/C54H42N2/c1-3-11-37(12-4-1)39-23-29-45(30-24-39)55-51-17-9-7-15-47(51)49-35-43(27-33-53(49)55)41-19-21-42(22-20-41)44-28-34-54-50(36-44)48-16-8-10-18-52(48)56(54)46-31-25-40(26-32-46)38-13-5-2-6-14-38/h1-36,47-49,51-53H. The lowest BCUT2D eigenvalue weighted by atomic mass is 9.80. The number of rotatable bonds is 6. The molecule has 2 nitrogen and oxygen atoms in total. The fourth-order valence-electron chi connectivity index (χ4n) is 9.87. The van der Waals surface area contributed by atoms with Crippen molar-refractivity contribution in [2.75, 3.05) is 9.80 Å². The van der Waals surface area contributed by atoms with Gasteiger partial charge in [0.15, 0.2) is 0 Å². The van der Waals surface area contributed by atoms with Crippen LogP contribution in [-0.2, 0) is 0 Å². The highest BCUT2D eigenvalue weighted by molar-refractivity contribution is 5.82. The summed E-state index contributed by atoms with van der Waals surface area (Å²) in [5.41, 5.74) is 15.3. The number of nitrogens with zero attached hydrogens (tertiary/aromatic N) is 2. The topological polar surface area (TPSA) is 6.48 Å². The summed E-state index contributed by atoms with van der Waals surface area (Å²) in [5, 5.41) is 0. The molecule has 1 saturated heterocycles. The summed E-state index contributed by atoms with van der Waals surface area (Å²) < 4.78 is 0. The van der Waals surface area contributed by atoms with E-state index in [-0.39, 0.29) is 6.04 Å². The Kier molecular flexibility index (Phi) is 7.95. The van der Waals surface area contributed by atoms with Crippen molar-refractivity contribution in [3.05, 3.63) is 230 Å². The molecule has 5 aliphatic rings. The quantitative estimate of drug-likeness (QED) is 0.169. The molecule has 0 aromatic heterocycles. The monoisotopic (exact) mass is 718 g/mol. The van der Waals surface area contributed by atoms with Gasteiger partial charge >= 0.3 is 0 Å². The van der Waals surface area contributed by atoms with Crippen molar-refractivity contribution >= 4 is 22.6 Å². The molecule has 2 aliphatic heterocycles. The first-order chi connectivity index (χ1) is 27.8. The maximum atomic E-state index is 2.63. The highest BCUT2D eigenvalue weighted by Gasteiger charge is 2.46. The normalized spacial score (nSPS) is 23.8. The highest BCUT2D eigenvalue weighted by Crippen LogP contribution is 2.50. The molecule has 0 radical (unpaired) electrons. The van der Waals surface area contributed by atoms with Gasteiger partial charge in [-0.15, -0.1) is 0 Å². The summed E-state index contributed by atoms with van der Waals surface area (Å²) in [6.07, 6.45) is 25.7. The Bertz CT molecular complexity index is 2590. The van der Waals surface area contributed by atoms with Gasteiger partial charge in [-0.25, -0.2) is 0 Å². The molecule has 0 bridgehead atoms. The van der Waals surface area contributed by atoms with Crippen LogP contribution in [0.4, 0.5) is 17.1 Å². The van der Waals surface area contributed by atoms with Crippen LogP contribution in [0.1, 0.15) is 17.0 Å². The second-order valence-electron chi connectivity index (χ2n) is 15.6. The second kappa shape index (κ2) is 13.6. The predicted octanol–water partition coefficient (Wildman–Crippen LogP) is 13.0. The number of benzene rings is 6. The molecule has 6 atom stereocenters. The number of hydrogen-bond donors (Lipinski definition) is 0. The third kappa shape index (κ3) is 5.56. The molecule has 3 aliphatic carbocycles. The van der Waals surface area contributed by atoms with E-state index in [4.69, 9.17) is 0 Å². The van der Waals surface area contributed by atoms with E-state index in [2.05, 4.69) is 228 Å². The van der Waals surface area contributed by atoms with Crippen LogP contribution in [0.2, 0.25) is 0 Å². The van der Waals surface area contributed by atoms with E-state index in [1.54, 1.807) is 0 Å². The fourth-order valence-corrected chi connectivity index (χ4v) is 9.87. The van der Waals surface area contributed by atoms with Crippen LogP contribution in [0.3, 0.4) is 0 Å². The minimum atomic E-state index is 0.262. The minimum Gasteiger partial charge on any atom is -0.357 e. The van der Waals surface area contributed by atoms with Crippen LogP contribution in [0.15, 0.2) is 218 Å². The molecule has 268 valence electrons. The maximum absolute atomic E-state index is 2.63. The van der Waals surface area contributed by atoms with E-state index >= 15 is 0 Å². The number of anilines is 3. The van der Waals surface area contributed by atoms with Crippen molar-refractivity contribution in [1.82, 2.24) is 0 Å². The first-order valence-electron chi connectivity index (χ1n) is 20.0. The second-order valence-corrected chi connectivity index (χ2v) is 15.6. The largest absolute Gasteiger partial charge is 0.357 e. The van der Waals surface area contributed by atoms with Crippen molar-refractivity contribution in [2.24, 2.45) is 11.8 Å². The van der Waals surface area contributed by atoms with Gasteiger partial charge in [-0.05, 0) is 86.5 Å². The molecule has 2 heteroatoms. The van der Waals surface area contributed by atoms with Crippen LogP contribution in [0.5, 0.6) is 0 Å². The van der Waals surface area contributed by atoms with Gasteiger partial charge in [0.1, 0.15) is 0 Å². The molecule has 56 heavy (non-hydrogen) atoms. The SMILES string of the molecule is C1=CC2c3cc(-c4ccc(C5=CC6C7C=CC=CC7N(c7ccc(-c8ccccc8)cc7)C6C=C5)cc4)ccc3N(c3ccc(-c4ccccc4)cc3)C2C=C1. The third-order valence-corrected chi connectivity index (χ3v) is 12.6. The Hall–Kier alpha value is -6.64. The third-order valence-electron chi connectivity index (χ3n) is 12.6. The van der Waals surface area contributed by atoms with Gasteiger partial charge in [0.25, 0.3) is 0 Å². The highest BCUT2D eigenvalue weighted by atomic mass is 15.2. The van der Waals surface area contributed by atoms with Crippen molar-refractivity contribution < 1.29 is 0 Å². The molecule has 0 saturated carbocycles. The van der Waals surface area contributed by atoms with Crippen molar-refractivity contribution in [2.45, 2.75) is 24.0 Å². The Labute approximate surface area is 330 Å². The fraction of sp³-hybridized carbons (Fsp3) is 0.111. The van der Waals surface area contributed by atoms with E-state index in [1.165, 1.54) is 67.1 Å². The van der Waals surface area contributed by atoms with Crippen LogP contribution in [0.25, 0.3) is 39.0 Å². The zero-order valence-corrected chi connectivity index (χ0v) is 31.1. The van der Waals surface area contributed by atoms with Crippen LogP contribution >= 0.6 is 0 Å². The van der Waals surface area contributed by atoms with Gasteiger partial charge in [-0.3, -0.25) is 0 Å². The molecular weight excluding hydrogens is 677 g/mol. The average molecular weight is 719 g/mol. The summed E-state index contributed by atoms with van der Waals surface area (Å²) in [6, 6.07) is 56.7. The zero-order chi connectivity index (χ0) is 37.0. The van der Waals surface area contributed by atoms with Crippen LogP contribution < -0.4 is 9.80 Å². The van der Waals surface area contributed by atoms with Crippen molar-refractivity contribution in [3.63, 3.8) is 0 Å². The van der Waals surface area contributed by atoms with Crippen LogP contribution in [-0.4, -0.2) is 18.1 Å². The summed E-state index contributed by atoms with van der Waals surface area (Å²) in [4.78, 5) is 5.15.